The number of likely N-dealkylation sites (tertiary alicyclic amines) is 1. The van der Waals surface area contributed by atoms with E-state index in [1.54, 1.807) is 0 Å². The van der Waals surface area contributed by atoms with Crippen molar-refractivity contribution in [3.63, 3.8) is 0 Å². The van der Waals surface area contributed by atoms with Crippen molar-refractivity contribution in [3.8, 4) is 0 Å². The lowest BCUT2D eigenvalue weighted by Crippen LogP contribution is -2.46. The number of carboxylic acid groups (broad SMARTS) is 2. The second-order valence-electron chi connectivity index (χ2n) is 21.6. The molecule has 1 aliphatic rings. The van der Waals surface area contributed by atoms with Gasteiger partial charge in [0.05, 0.1) is 0 Å². The van der Waals surface area contributed by atoms with Gasteiger partial charge in [-0.1, -0.05) is 183 Å². The van der Waals surface area contributed by atoms with E-state index in [4.69, 9.17) is 18.9 Å². The number of hydrogen-bond donors (Lipinski definition) is 2. The van der Waals surface area contributed by atoms with Gasteiger partial charge >= 0.3 is 24.2 Å². The Morgan fingerprint density at radius 2 is 0.829 bits per heavy atom. The minimum atomic E-state index is -0.835. The second kappa shape index (κ2) is 41.8. The molecule has 1 rings (SSSR count). The van der Waals surface area contributed by atoms with Crippen molar-refractivity contribution in [2.24, 2.45) is 11.8 Å². The van der Waals surface area contributed by atoms with Crippen LogP contribution in [0.4, 0.5) is 9.59 Å². The van der Waals surface area contributed by atoms with E-state index < -0.39 is 35.5 Å². The van der Waals surface area contributed by atoms with E-state index in [-0.39, 0.29) is 32.1 Å². The summed E-state index contributed by atoms with van der Waals surface area (Å²) in [5.74, 6) is -0.888. The highest BCUT2D eigenvalue weighted by Crippen LogP contribution is 2.39. The molecule has 1 heterocycles. The summed E-state index contributed by atoms with van der Waals surface area (Å²) in [7, 11) is 2.13. The molecular weight excluding hydrogens is 885 g/mol. The fourth-order valence-corrected chi connectivity index (χ4v) is 11.0. The van der Waals surface area contributed by atoms with Gasteiger partial charge in [0.2, 0.25) is 0 Å². The minimum Gasteiger partial charge on any atom is -0.481 e. The number of unbranched alkanes of at least 4 members (excludes halogenated alkanes) is 14. The van der Waals surface area contributed by atoms with E-state index >= 15 is 0 Å². The van der Waals surface area contributed by atoms with Crippen LogP contribution in [-0.4, -0.2) is 108 Å². The maximum atomic E-state index is 13.9. The van der Waals surface area contributed by atoms with Crippen molar-refractivity contribution in [3.05, 3.63) is 0 Å². The van der Waals surface area contributed by atoms with Crippen LogP contribution in [0.2, 0.25) is 0 Å². The van der Waals surface area contributed by atoms with Crippen molar-refractivity contribution >= 4 is 24.2 Å². The number of carbonyl (C=O) groups is 4. The number of carbonyl (C=O) groups excluding carboxylic acids is 2. The first-order valence-electron chi connectivity index (χ1n) is 29.4. The summed E-state index contributed by atoms with van der Waals surface area (Å²) in [6, 6.07) is 0.219. The molecule has 0 bridgehead atoms. The van der Waals surface area contributed by atoms with Crippen LogP contribution < -0.4 is 0 Å². The molecule has 12 nitrogen and oxygen atoms in total. The van der Waals surface area contributed by atoms with Crippen molar-refractivity contribution < 1.29 is 48.3 Å². The smallest absolute Gasteiger partial charge is 0.481 e. The predicted molar refractivity (Wildman–Crippen MR) is 286 cm³/mol. The van der Waals surface area contributed by atoms with Crippen molar-refractivity contribution in [1.29, 1.82) is 0 Å². The molecule has 0 spiro atoms. The Morgan fingerprint density at radius 3 is 1.16 bits per heavy atom. The Hall–Kier alpha value is -2.60. The molecule has 2 unspecified atom stereocenters. The van der Waals surface area contributed by atoms with Gasteiger partial charge in [0, 0.05) is 32.0 Å². The summed E-state index contributed by atoms with van der Waals surface area (Å²) in [6.07, 6.45) is 31.8. The first-order chi connectivity index (χ1) is 33.8. The van der Waals surface area contributed by atoms with Crippen LogP contribution in [0.15, 0.2) is 0 Å². The predicted octanol–water partition coefficient (Wildman–Crippen LogP) is 16.0. The summed E-state index contributed by atoms with van der Waals surface area (Å²) >= 11 is 0. The third-order valence-corrected chi connectivity index (χ3v) is 15.2. The molecule has 0 aromatic heterocycles. The fourth-order valence-electron chi connectivity index (χ4n) is 11.0. The number of aliphatic carboxylic acids is 2. The zero-order chi connectivity index (χ0) is 51.7. The molecule has 0 aromatic rings. The number of rotatable bonds is 47. The zero-order valence-electron chi connectivity index (χ0n) is 46.5. The summed E-state index contributed by atoms with van der Waals surface area (Å²) in [5.41, 5.74) is -1.57. The van der Waals surface area contributed by atoms with Crippen LogP contribution in [0.5, 0.6) is 0 Å². The number of piperidine rings is 1. The summed E-state index contributed by atoms with van der Waals surface area (Å²) in [5, 5.41) is 19.3. The number of nitrogens with zero attached hydrogens (tertiary/aromatic N) is 2. The van der Waals surface area contributed by atoms with Gasteiger partial charge in [0.25, 0.3) is 0 Å². The average Bonchev–Trinajstić information content (AvgIpc) is 3.31. The normalized spacial score (nSPS) is 15.3. The highest BCUT2D eigenvalue weighted by molar-refractivity contribution is 5.67. The fraction of sp³-hybridized carbons (Fsp3) is 0.931. The van der Waals surface area contributed by atoms with Gasteiger partial charge in [-0.25, -0.2) is 9.59 Å². The second-order valence-corrected chi connectivity index (χ2v) is 21.6. The molecule has 1 aliphatic heterocycles. The first kappa shape index (κ1) is 65.4. The molecule has 0 saturated carbocycles. The molecule has 412 valence electrons. The molecule has 1 saturated heterocycles. The number of carboxylic acids is 2. The molecule has 0 aromatic carbocycles. The Bertz CT molecular complexity index is 1200. The first-order valence-corrected chi connectivity index (χ1v) is 29.4. The van der Waals surface area contributed by atoms with Crippen LogP contribution in [0.3, 0.4) is 0 Å². The van der Waals surface area contributed by atoms with E-state index in [2.05, 4.69) is 58.4 Å². The Kier molecular flexibility index (Phi) is 39.1. The maximum absolute atomic E-state index is 13.9. The van der Waals surface area contributed by atoms with Gasteiger partial charge < -0.3 is 34.1 Å². The Morgan fingerprint density at radius 1 is 0.500 bits per heavy atom. The van der Waals surface area contributed by atoms with Gasteiger partial charge in [0.15, 0.2) is 0 Å². The van der Waals surface area contributed by atoms with E-state index in [9.17, 15) is 29.4 Å². The number of hydrogen-bond acceptors (Lipinski definition) is 10. The summed E-state index contributed by atoms with van der Waals surface area (Å²) in [4.78, 5) is 55.9. The van der Waals surface area contributed by atoms with Crippen molar-refractivity contribution in [1.82, 2.24) is 9.80 Å². The third kappa shape index (κ3) is 32.5. The average molecular weight is 996 g/mol. The quantitative estimate of drug-likeness (QED) is 0.0441. The van der Waals surface area contributed by atoms with E-state index in [0.717, 1.165) is 167 Å². The van der Waals surface area contributed by atoms with Gasteiger partial charge in [-0.05, 0) is 109 Å². The molecule has 70 heavy (non-hydrogen) atoms. The lowest BCUT2D eigenvalue weighted by Gasteiger charge is -2.38. The zero-order valence-corrected chi connectivity index (χ0v) is 46.5. The van der Waals surface area contributed by atoms with E-state index in [0.29, 0.717) is 63.5 Å². The standard InChI is InChI=1S/C58H110N2O10/c1-8-14-20-26-38-57(40-28-34-53(61)62,48-50(30-22-16-10-3)31-23-17-11-4)69-55(65)67-46-44-60(52-36-42-59(7)43-37-52)45-47-68-56(66)70-58(39-27-21-15-9-2,41-29-35-54(63)64)49-51(32-24-18-12-5)33-25-19-13-6/h50-52H,8-49H2,1-7H3,(H,61,62)(H,63,64). The monoisotopic (exact) mass is 995 g/mol. The third-order valence-electron chi connectivity index (χ3n) is 15.2. The van der Waals surface area contributed by atoms with Crippen molar-refractivity contribution in [2.45, 2.75) is 290 Å². The van der Waals surface area contributed by atoms with Crippen LogP contribution in [-0.2, 0) is 28.5 Å². The topological polar surface area (TPSA) is 152 Å². The highest BCUT2D eigenvalue weighted by atomic mass is 16.7. The molecular formula is C58H110N2O10. The summed E-state index contributed by atoms with van der Waals surface area (Å²) < 4.78 is 25.0. The van der Waals surface area contributed by atoms with Gasteiger partial charge in [-0.15, -0.1) is 0 Å². The largest absolute Gasteiger partial charge is 0.508 e. The molecule has 0 aliphatic carbocycles. The minimum absolute atomic E-state index is 0.0376. The Balaban J connectivity index is 3.32. The highest BCUT2D eigenvalue weighted by Gasteiger charge is 2.39. The van der Waals surface area contributed by atoms with Crippen LogP contribution in [0.25, 0.3) is 0 Å². The molecule has 12 heteroatoms. The molecule has 2 atom stereocenters. The maximum Gasteiger partial charge on any atom is 0.508 e. The van der Waals surface area contributed by atoms with Crippen LogP contribution in [0, 0.1) is 11.8 Å². The van der Waals surface area contributed by atoms with Gasteiger partial charge in [-0.2, -0.15) is 0 Å². The molecule has 2 N–H and O–H groups in total. The molecule has 1 fully saturated rings. The lowest BCUT2D eigenvalue weighted by molar-refractivity contribution is -0.138. The Labute approximate surface area is 429 Å². The van der Waals surface area contributed by atoms with Gasteiger partial charge in [-0.3, -0.25) is 14.5 Å². The van der Waals surface area contributed by atoms with E-state index in [1.807, 2.05) is 0 Å². The van der Waals surface area contributed by atoms with Crippen LogP contribution in [0.1, 0.15) is 273 Å². The molecule has 0 radical (unpaired) electrons. The molecule has 0 amide bonds. The lowest BCUT2D eigenvalue weighted by atomic mass is 9.78. The SMILES string of the molecule is CCCCCCC(CCCC(=O)O)(CC(CCCCC)CCCCC)OC(=O)OCCN(CCOC(=O)OC(CCCCCC)(CCCC(=O)O)CC(CCCCC)CCCCC)C1CCN(C)CC1. The van der Waals surface area contributed by atoms with E-state index in [1.165, 1.54) is 25.7 Å². The number of ether oxygens (including phenoxy) is 4. The van der Waals surface area contributed by atoms with Crippen molar-refractivity contribution in [2.75, 3.05) is 46.4 Å². The van der Waals surface area contributed by atoms with Gasteiger partial charge in [0.1, 0.15) is 24.4 Å². The van der Waals surface area contributed by atoms with Crippen LogP contribution >= 0.6 is 0 Å². The summed E-state index contributed by atoms with van der Waals surface area (Å²) in [6.45, 7) is 16.3.